The van der Waals surface area contributed by atoms with Crippen LogP contribution in [0.1, 0.15) is 12.8 Å². The molecule has 0 aromatic rings. The molecule has 0 aliphatic heterocycles. The van der Waals surface area contributed by atoms with Crippen LogP contribution in [0, 0.1) is 13.8 Å². The van der Waals surface area contributed by atoms with Gasteiger partial charge in [-0.15, -0.1) is 0 Å². The summed E-state index contributed by atoms with van der Waals surface area (Å²) < 4.78 is 0. The molecule has 0 atom stereocenters. The summed E-state index contributed by atoms with van der Waals surface area (Å²) in [5.74, 6) is 0. The molecule has 0 spiro atoms. The summed E-state index contributed by atoms with van der Waals surface area (Å²) in [5, 5.41) is 3.08. The Morgan fingerprint density at radius 3 is 1.75 bits per heavy atom. The molecule has 0 amide bonds. The normalized spacial score (nSPS) is 9.00. The molecule has 0 aromatic heterocycles. The van der Waals surface area contributed by atoms with E-state index < -0.39 is 0 Å². The zero-order valence-corrected chi connectivity index (χ0v) is 8.25. The van der Waals surface area contributed by atoms with Gasteiger partial charge in [-0.3, -0.25) is 0 Å². The van der Waals surface area contributed by atoms with Gasteiger partial charge in [-0.05, 0) is 13.1 Å². The molecule has 0 heterocycles. The van der Waals surface area contributed by atoms with E-state index in [1.807, 2.05) is 7.05 Å². The number of nitrogens with one attached hydrogen (secondary N) is 1. The standard InChI is InChI=1S/C6H13N.W/c1-4-6(5-2)7-3;/h6-7H,1-2,4-5H2,3H3;/q-2;+2. The van der Waals surface area contributed by atoms with Crippen LogP contribution in [0.15, 0.2) is 0 Å². The Balaban J connectivity index is 0. The monoisotopic (exact) mass is 283 g/mol. The van der Waals surface area contributed by atoms with E-state index in [4.69, 9.17) is 0 Å². The maximum atomic E-state index is 3.73. The molecule has 1 nitrogen and oxygen atoms in total. The van der Waals surface area contributed by atoms with E-state index in [2.05, 4.69) is 19.2 Å². The zero-order valence-electron chi connectivity index (χ0n) is 5.31. The maximum Gasteiger partial charge on any atom is 2.00 e. The van der Waals surface area contributed by atoms with Gasteiger partial charge < -0.3 is 19.2 Å². The third-order valence-electron chi connectivity index (χ3n) is 1.11. The molecule has 0 radical (unpaired) electrons. The van der Waals surface area contributed by atoms with Crippen LogP contribution in [0.2, 0.25) is 0 Å². The van der Waals surface area contributed by atoms with Crippen molar-refractivity contribution in [3.05, 3.63) is 13.8 Å². The molecule has 0 bridgehead atoms. The molecule has 0 aromatic carbocycles. The first-order valence-corrected chi connectivity index (χ1v) is 2.61. The second kappa shape index (κ2) is 7.65. The van der Waals surface area contributed by atoms with Crippen LogP contribution in [-0.2, 0) is 21.1 Å². The van der Waals surface area contributed by atoms with Crippen molar-refractivity contribution in [1.29, 1.82) is 0 Å². The summed E-state index contributed by atoms with van der Waals surface area (Å²) in [4.78, 5) is 0. The molecule has 0 fully saturated rings. The summed E-state index contributed by atoms with van der Waals surface area (Å²) in [6.07, 6.45) is 1.86. The van der Waals surface area contributed by atoms with E-state index in [0.717, 1.165) is 12.8 Å². The van der Waals surface area contributed by atoms with Gasteiger partial charge in [-0.25, -0.2) is 0 Å². The number of rotatable bonds is 3. The Kier molecular flexibility index (Phi) is 10.9. The minimum Gasteiger partial charge on any atom is -0.342 e. The van der Waals surface area contributed by atoms with Crippen molar-refractivity contribution in [1.82, 2.24) is 5.32 Å². The Bertz CT molecular complexity index is 30.0. The van der Waals surface area contributed by atoms with Gasteiger partial charge in [0.1, 0.15) is 0 Å². The fraction of sp³-hybridized carbons (Fsp3) is 0.667. The van der Waals surface area contributed by atoms with E-state index >= 15 is 0 Å². The van der Waals surface area contributed by atoms with Gasteiger partial charge >= 0.3 is 21.1 Å². The Hall–Kier alpha value is 0.648. The van der Waals surface area contributed by atoms with Crippen LogP contribution in [0.4, 0.5) is 0 Å². The first kappa shape index (κ1) is 11.4. The molecule has 0 unspecified atom stereocenters. The van der Waals surface area contributed by atoms with Gasteiger partial charge in [0.2, 0.25) is 0 Å². The Labute approximate surface area is 66.5 Å². The van der Waals surface area contributed by atoms with Crippen molar-refractivity contribution >= 4 is 0 Å². The first-order chi connectivity index (χ1) is 3.35. The fourth-order valence-corrected chi connectivity index (χ4v) is 0.433. The van der Waals surface area contributed by atoms with E-state index in [-0.39, 0.29) is 21.1 Å². The summed E-state index contributed by atoms with van der Waals surface area (Å²) in [5.41, 5.74) is 0. The third-order valence-corrected chi connectivity index (χ3v) is 1.11. The molecule has 2 heteroatoms. The van der Waals surface area contributed by atoms with E-state index in [0.29, 0.717) is 6.04 Å². The Morgan fingerprint density at radius 1 is 1.38 bits per heavy atom. The minimum atomic E-state index is 0. The van der Waals surface area contributed by atoms with Gasteiger partial charge in [0.25, 0.3) is 0 Å². The summed E-state index contributed by atoms with van der Waals surface area (Å²) in [6, 6.07) is 0.514. The molecular formula is C6H13NW. The number of hydrogen-bond acceptors (Lipinski definition) is 1. The van der Waals surface area contributed by atoms with Crippen LogP contribution < -0.4 is 5.32 Å². The van der Waals surface area contributed by atoms with Crippen molar-refractivity contribution in [3.63, 3.8) is 0 Å². The molecule has 0 saturated heterocycles. The second-order valence-electron chi connectivity index (χ2n) is 1.56. The van der Waals surface area contributed by atoms with Crippen molar-refractivity contribution < 1.29 is 21.1 Å². The van der Waals surface area contributed by atoms with Gasteiger partial charge in [0, 0.05) is 0 Å². The molecule has 8 heavy (non-hydrogen) atoms. The average molecular weight is 283 g/mol. The third kappa shape index (κ3) is 4.80. The van der Waals surface area contributed by atoms with Gasteiger partial charge in [-0.1, -0.05) is 0 Å². The molecule has 0 aliphatic carbocycles. The van der Waals surface area contributed by atoms with Gasteiger partial charge in [0.05, 0.1) is 0 Å². The summed E-state index contributed by atoms with van der Waals surface area (Å²) in [6.45, 7) is 7.45. The quantitative estimate of drug-likeness (QED) is 0.763. The van der Waals surface area contributed by atoms with Crippen molar-refractivity contribution in [3.8, 4) is 0 Å². The van der Waals surface area contributed by atoms with Crippen LogP contribution in [0.25, 0.3) is 0 Å². The molecule has 1 N–H and O–H groups in total. The minimum absolute atomic E-state index is 0. The maximum absolute atomic E-state index is 3.73. The van der Waals surface area contributed by atoms with Crippen molar-refractivity contribution in [2.24, 2.45) is 0 Å². The topological polar surface area (TPSA) is 12.0 Å². The fourth-order valence-electron chi connectivity index (χ4n) is 0.433. The van der Waals surface area contributed by atoms with E-state index in [1.165, 1.54) is 0 Å². The van der Waals surface area contributed by atoms with E-state index in [1.54, 1.807) is 0 Å². The van der Waals surface area contributed by atoms with Crippen LogP contribution in [0.5, 0.6) is 0 Å². The smallest absolute Gasteiger partial charge is 0.342 e. The zero-order chi connectivity index (χ0) is 5.70. The number of hydrogen-bond donors (Lipinski definition) is 1. The molecule has 0 aliphatic rings. The van der Waals surface area contributed by atoms with E-state index in [9.17, 15) is 0 Å². The predicted molar refractivity (Wildman–Crippen MR) is 32.8 cm³/mol. The average Bonchev–Trinajstić information content (AvgIpc) is 1.72. The summed E-state index contributed by atoms with van der Waals surface area (Å²) in [7, 11) is 1.93. The molecule has 0 saturated carbocycles. The van der Waals surface area contributed by atoms with Crippen LogP contribution in [-0.4, -0.2) is 13.1 Å². The molecule has 0 rings (SSSR count). The van der Waals surface area contributed by atoms with Crippen molar-refractivity contribution in [2.75, 3.05) is 7.05 Å². The van der Waals surface area contributed by atoms with Crippen LogP contribution >= 0.6 is 0 Å². The Morgan fingerprint density at radius 2 is 1.75 bits per heavy atom. The molecule has 48 valence electrons. The SMILES string of the molecule is [CH2-]CC(C[CH2-])NC.[W+2]. The van der Waals surface area contributed by atoms with Crippen molar-refractivity contribution in [2.45, 2.75) is 18.9 Å². The summed E-state index contributed by atoms with van der Waals surface area (Å²) >= 11 is 0. The largest absolute Gasteiger partial charge is 2.00 e. The van der Waals surface area contributed by atoms with Gasteiger partial charge in [0.15, 0.2) is 0 Å². The second-order valence-corrected chi connectivity index (χ2v) is 1.56. The molecular weight excluding hydrogens is 270 g/mol. The predicted octanol–water partition coefficient (Wildman–Crippen LogP) is 1.02. The van der Waals surface area contributed by atoms with Crippen LogP contribution in [0.3, 0.4) is 0 Å². The first-order valence-electron chi connectivity index (χ1n) is 2.61. The van der Waals surface area contributed by atoms with Gasteiger partial charge in [-0.2, -0.15) is 12.8 Å².